The molecule has 0 aliphatic rings. The first-order chi connectivity index (χ1) is 10.5. The van der Waals surface area contributed by atoms with Crippen LogP contribution in [0.15, 0.2) is 54.6 Å². The second-order valence-electron chi connectivity index (χ2n) is 4.97. The van der Waals surface area contributed by atoms with Crippen LogP contribution in [0.4, 0.5) is 0 Å². The van der Waals surface area contributed by atoms with Gasteiger partial charge in [-0.15, -0.1) is 12.4 Å². The lowest BCUT2D eigenvalue weighted by Crippen LogP contribution is -2.02. The number of carboxylic acid groups (broad SMARTS) is 1. The number of rotatable bonds is 3. The monoisotopic (exact) mass is 348 g/mol. The molecule has 4 nitrogen and oxygen atoms in total. The lowest BCUT2D eigenvalue weighted by atomic mass is 10.1. The maximum Gasteiger partial charge on any atom is 0.356 e. The van der Waals surface area contributed by atoms with Crippen LogP contribution >= 0.6 is 24.0 Å². The van der Waals surface area contributed by atoms with Crippen molar-refractivity contribution < 1.29 is 9.90 Å². The molecule has 6 heteroatoms. The largest absolute Gasteiger partial charge is 0.476 e. The number of nitrogens with zero attached hydrogens (tertiary/aromatic N) is 2. The van der Waals surface area contributed by atoms with Gasteiger partial charge in [0.25, 0.3) is 0 Å². The number of carboxylic acids is 1. The van der Waals surface area contributed by atoms with Gasteiger partial charge in [0, 0.05) is 10.6 Å². The van der Waals surface area contributed by atoms with E-state index in [-0.39, 0.29) is 18.1 Å². The van der Waals surface area contributed by atoms with Gasteiger partial charge in [-0.1, -0.05) is 41.4 Å². The van der Waals surface area contributed by atoms with Crippen molar-refractivity contribution in [2.45, 2.75) is 6.92 Å². The molecular formula is C17H14Cl2N2O2. The second-order valence-corrected chi connectivity index (χ2v) is 5.41. The van der Waals surface area contributed by atoms with Crippen LogP contribution in [0.1, 0.15) is 16.1 Å². The van der Waals surface area contributed by atoms with Gasteiger partial charge in [-0.3, -0.25) is 0 Å². The zero-order valence-corrected chi connectivity index (χ0v) is 13.8. The molecule has 1 aromatic heterocycles. The van der Waals surface area contributed by atoms with E-state index < -0.39 is 5.97 Å². The molecule has 0 amide bonds. The fourth-order valence-corrected chi connectivity index (χ4v) is 2.32. The molecule has 2 aromatic carbocycles. The van der Waals surface area contributed by atoms with E-state index in [4.69, 9.17) is 11.6 Å². The summed E-state index contributed by atoms with van der Waals surface area (Å²) in [4.78, 5) is 11.2. The number of aromatic nitrogens is 2. The molecule has 3 aromatic rings. The van der Waals surface area contributed by atoms with Crippen molar-refractivity contribution >= 4 is 30.0 Å². The topological polar surface area (TPSA) is 55.1 Å². The number of aryl methyl sites for hydroxylation is 1. The summed E-state index contributed by atoms with van der Waals surface area (Å²) < 4.78 is 1.63. The Kier molecular flexibility index (Phi) is 5.08. The van der Waals surface area contributed by atoms with Crippen LogP contribution in [-0.2, 0) is 0 Å². The molecule has 0 atom stereocenters. The summed E-state index contributed by atoms with van der Waals surface area (Å²) in [6.07, 6.45) is 0. The minimum atomic E-state index is -1.05. The van der Waals surface area contributed by atoms with Crippen molar-refractivity contribution in [1.82, 2.24) is 9.78 Å². The molecule has 3 rings (SSSR count). The van der Waals surface area contributed by atoms with Crippen LogP contribution in [0, 0.1) is 6.92 Å². The number of hydrogen-bond acceptors (Lipinski definition) is 2. The summed E-state index contributed by atoms with van der Waals surface area (Å²) in [7, 11) is 0. The average Bonchev–Trinajstić information content (AvgIpc) is 2.94. The highest BCUT2D eigenvalue weighted by atomic mass is 35.5. The Morgan fingerprint density at radius 1 is 1.09 bits per heavy atom. The first kappa shape index (κ1) is 17.1. The predicted octanol–water partition coefficient (Wildman–Crippen LogP) is 4.62. The fraction of sp³-hybridized carbons (Fsp3) is 0.0588. The van der Waals surface area contributed by atoms with Crippen LogP contribution in [0.5, 0.6) is 0 Å². The van der Waals surface area contributed by atoms with Crippen molar-refractivity contribution in [2.24, 2.45) is 0 Å². The van der Waals surface area contributed by atoms with Crippen molar-refractivity contribution in [2.75, 3.05) is 0 Å². The van der Waals surface area contributed by atoms with Crippen LogP contribution in [0.2, 0.25) is 5.02 Å². The standard InChI is InChI=1S/C17H13ClN2O2.ClH/c1-11-2-8-14(9-3-11)20-16(10-15(19-20)17(21)22)12-4-6-13(18)7-5-12;/h2-10H,1H3,(H,21,22);1H. The SMILES string of the molecule is Cc1ccc(-n2nc(C(=O)O)cc2-c2ccc(Cl)cc2)cc1.Cl. The molecule has 0 fully saturated rings. The normalized spacial score (nSPS) is 10.2. The van der Waals surface area contributed by atoms with Gasteiger partial charge in [-0.2, -0.15) is 5.10 Å². The predicted molar refractivity (Wildman–Crippen MR) is 93.0 cm³/mol. The number of halogens is 2. The van der Waals surface area contributed by atoms with E-state index in [2.05, 4.69) is 5.10 Å². The molecular weight excluding hydrogens is 335 g/mol. The minimum absolute atomic E-state index is 0. The third kappa shape index (κ3) is 3.55. The number of hydrogen-bond donors (Lipinski definition) is 1. The highest BCUT2D eigenvalue weighted by Crippen LogP contribution is 2.25. The molecule has 0 saturated carbocycles. The Hall–Kier alpha value is -2.30. The summed E-state index contributed by atoms with van der Waals surface area (Å²) >= 11 is 5.91. The van der Waals surface area contributed by atoms with Gasteiger partial charge in [-0.25, -0.2) is 9.48 Å². The Morgan fingerprint density at radius 3 is 2.26 bits per heavy atom. The van der Waals surface area contributed by atoms with Crippen LogP contribution in [0.3, 0.4) is 0 Å². The summed E-state index contributed by atoms with van der Waals surface area (Å²) in [6, 6.07) is 16.5. The first-order valence-electron chi connectivity index (χ1n) is 6.71. The number of aromatic carboxylic acids is 1. The minimum Gasteiger partial charge on any atom is -0.476 e. The van der Waals surface area contributed by atoms with E-state index >= 15 is 0 Å². The first-order valence-corrected chi connectivity index (χ1v) is 7.09. The smallest absolute Gasteiger partial charge is 0.356 e. The third-order valence-corrected chi connectivity index (χ3v) is 3.60. The molecule has 0 unspecified atom stereocenters. The van der Waals surface area contributed by atoms with Gasteiger partial charge >= 0.3 is 5.97 Å². The van der Waals surface area contributed by atoms with Gasteiger partial charge in [0.1, 0.15) is 0 Å². The fourth-order valence-electron chi connectivity index (χ4n) is 2.19. The lowest BCUT2D eigenvalue weighted by molar-refractivity contribution is 0.0690. The Labute approximate surface area is 144 Å². The highest BCUT2D eigenvalue weighted by molar-refractivity contribution is 6.30. The van der Waals surface area contributed by atoms with E-state index in [9.17, 15) is 9.90 Å². The van der Waals surface area contributed by atoms with Gasteiger partial charge in [0.05, 0.1) is 11.4 Å². The van der Waals surface area contributed by atoms with Crippen molar-refractivity contribution in [1.29, 1.82) is 0 Å². The zero-order chi connectivity index (χ0) is 15.7. The van der Waals surface area contributed by atoms with Crippen molar-refractivity contribution in [3.8, 4) is 16.9 Å². The quantitative estimate of drug-likeness (QED) is 0.751. The van der Waals surface area contributed by atoms with E-state index in [0.717, 1.165) is 16.8 Å². The van der Waals surface area contributed by atoms with Gasteiger partial charge < -0.3 is 5.11 Å². The van der Waals surface area contributed by atoms with Gasteiger partial charge in [0.15, 0.2) is 5.69 Å². The molecule has 0 aliphatic carbocycles. The average molecular weight is 349 g/mol. The molecule has 118 valence electrons. The van der Waals surface area contributed by atoms with Crippen molar-refractivity contribution in [3.63, 3.8) is 0 Å². The highest BCUT2D eigenvalue weighted by Gasteiger charge is 2.15. The summed E-state index contributed by atoms with van der Waals surface area (Å²) in [5.41, 5.74) is 3.50. The molecule has 0 aliphatic heterocycles. The lowest BCUT2D eigenvalue weighted by Gasteiger charge is -2.08. The van der Waals surface area contributed by atoms with E-state index in [1.54, 1.807) is 22.9 Å². The molecule has 0 saturated heterocycles. The second kappa shape index (κ2) is 6.86. The molecule has 1 N–H and O–H groups in total. The summed E-state index contributed by atoms with van der Waals surface area (Å²) in [5, 5.41) is 14.0. The zero-order valence-electron chi connectivity index (χ0n) is 12.2. The maximum atomic E-state index is 11.2. The summed E-state index contributed by atoms with van der Waals surface area (Å²) in [5.74, 6) is -1.05. The van der Waals surface area contributed by atoms with E-state index in [1.807, 2.05) is 43.3 Å². The van der Waals surface area contributed by atoms with E-state index in [0.29, 0.717) is 10.7 Å². The number of carbonyl (C=O) groups is 1. The molecule has 23 heavy (non-hydrogen) atoms. The third-order valence-electron chi connectivity index (χ3n) is 3.35. The molecule has 0 radical (unpaired) electrons. The van der Waals surface area contributed by atoms with Gasteiger partial charge in [0.2, 0.25) is 0 Å². The Bertz CT molecular complexity index is 762. The molecule has 0 bridgehead atoms. The molecule has 0 spiro atoms. The van der Waals surface area contributed by atoms with Crippen LogP contribution in [0.25, 0.3) is 16.9 Å². The van der Waals surface area contributed by atoms with Crippen LogP contribution in [-0.4, -0.2) is 20.9 Å². The van der Waals surface area contributed by atoms with Crippen LogP contribution < -0.4 is 0 Å². The Balaban J connectivity index is 0.00000192. The van der Waals surface area contributed by atoms with E-state index in [1.165, 1.54) is 0 Å². The summed E-state index contributed by atoms with van der Waals surface area (Å²) in [6.45, 7) is 2.00. The van der Waals surface area contributed by atoms with Gasteiger partial charge in [-0.05, 0) is 37.3 Å². The molecule has 1 heterocycles. The number of benzene rings is 2. The Morgan fingerprint density at radius 2 is 1.70 bits per heavy atom. The van der Waals surface area contributed by atoms with Crippen molar-refractivity contribution in [3.05, 3.63) is 70.9 Å². The maximum absolute atomic E-state index is 11.2.